The average molecular weight is 242 g/mol. The summed E-state index contributed by atoms with van der Waals surface area (Å²) in [6.07, 6.45) is 1.60. The number of nitrogens with two attached hydrogens (primary N) is 1. The monoisotopic (exact) mass is 242 g/mol. The number of hydrogen-bond donors (Lipinski definition) is 1. The van der Waals surface area contributed by atoms with Gasteiger partial charge in [0.15, 0.2) is 0 Å². The van der Waals surface area contributed by atoms with Gasteiger partial charge in [-0.25, -0.2) is 0 Å². The summed E-state index contributed by atoms with van der Waals surface area (Å²) in [5.74, 6) is 0.721. The molecule has 92 valence electrons. The van der Waals surface area contributed by atoms with Crippen LogP contribution in [0.25, 0.3) is 0 Å². The Morgan fingerprint density at radius 2 is 1.94 bits per heavy atom. The van der Waals surface area contributed by atoms with Crippen LogP contribution in [0.4, 0.5) is 0 Å². The molecule has 0 bridgehead atoms. The molecule has 1 aromatic heterocycles. The molecular formula is C14H14N2O2. The molecule has 4 heteroatoms. The van der Waals surface area contributed by atoms with Crippen LogP contribution in [0.15, 0.2) is 53.1 Å². The lowest BCUT2D eigenvalue weighted by Crippen LogP contribution is -2.62. The minimum Gasteiger partial charge on any atom is -0.467 e. The van der Waals surface area contributed by atoms with E-state index in [0.29, 0.717) is 6.54 Å². The highest BCUT2D eigenvalue weighted by atomic mass is 16.3. The molecule has 2 heterocycles. The van der Waals surface area contributed by atoms with E-state index >= 15 is 0 Å². The highest BCUT2D eigenvalue weighted by molar-refractivity contribution is 5.89. The van der Waals surface area contributed by atoms with Crippen LogP contribution in [-0.4, -0.2) is 16.8 Å². The van der Waals surface area contributed by atoms with Crippen molar-refractivity contribution < 1.29 is 9.21 Å². The number of hydrogen-bond acceptors (Lipinski definition) is 3. The second kappa shape index (κ2) is 4.31. The van der Waals surface area contributed by atoms with Crippen molar-refractivity contribution in [1.29, 1.82) is 0 Å². The Hall–Kier alpha value is -2.07. The van der Waals surface area contributed by atoms with Gasteiger partial charge in [-0.05, 0) is 17.7 Å². The fourth-order valence-corrected chi connectivity index (χ4v) is 2.32. The fourth-order valence-electron chi connectivity index (χ4n) is 2.32. The number of β-lactam (4-membered cyclic amide) rings is 1. The molecule has 1 aliphatic heterocycles. The lowest BCUT2D eigenvalue weighted by molar-refractivity contribution is -0.151. The zero-order valence-corrected chi connectivity index (χ0v) is 9.82. The maximum Gasteiger partial charge on any atom is 0.243 e. The Kier molecular flexibility index (Phi) is 2.64. The molecular weight excluding hydrogens is 228 g/mol. The number of furan rings is 1. The highest BCUT2D eigenvalue weighted by Crippen LogP contribution is 2.35. The van der Waals surface area contributed by atoms with Gasteiger partial charge in [-0.2, -0.15) is 0 Å². The predicted molar refractivity (Wildman–Crippen MR) is 66.4 cm³/mol. The van der Waals surface area contributed by atoms with Gasteiger partial charge in [-0.3, -0.25) is 4.79 Å². The van der Waals surface area contributed by atoms with Crippen molar-refractivity contribution in [1.82, 2.24) is 4.90 Å². The topological polar surface area (TPSA) is 59.5 Å². The zero-order chi connectivity index (χ0) is 12.5. The second-order valence-corrected chi connectivity index (χ2v) is 4.44. The minimum absolute atomic E-state index is 0.0275. The molecule has 3 rings (SSSR count). The molecule has 2 aromatic rings. The summed E-state index contributed by atoms with van der Waals surface area (Å²) in [5, 5.41) is 0. The van der Waals surface area contributed by atoms with Crippen LogP contribution in [0, 0.1) is 0 Å². The predicted octanol–water partition coefficient (Wildman–Crippen LogP) is 1.69. The summed E-state index contributed by atoms with van der Waals surface area (Å²) in [7, 11) is 0. The molecule has 2 N–H and O–H groups in total. The molecule has 18 heavy (non-hydrogen) atoms. The van der Waals surface area contributed by atoms with Crippen LogP contribution in [-0.2, 0) is 11.3 Å². The van der Waals surface area contributed by atoms with Gasteiger partial charge < -0.3 is 15.1 Å². The van der Waals surface area contributed by atoms with E-state index in [1.807, 2.05) is 42.5 Å². The molecule has 0 unspecified atom stereocenters. The highest BCUT2D eigenvalue weighted by Gasteiger charge is 2.47. The van der Waals surface area contributed by atoms with Crippen molar-refractivity contribution >= 4 is 5.91 Å². The average Bonchev–Trinajstić information content (AvgIpc) is 2.92. The summed E-state index contributed by atoms with van der Waals surface area (Å²) in [6, 6.07) is 12.9. The van der Waals surface area contributed by atoms with E-state index in [-0.39, 0.29) is 11.9 Å². The Morgan fingerprint density at radius 3 is 2.61 bits per heavy atom. The maximum atomic E-state index is 11.8. The number of nitrogens with zero attached hydrogens (tertiary/aromatic N) is 1. The molecule has 4 nitrogen and oxygen atoms in total. The Morgan fingerprint density at radius 1 is 1.17 bits per heavy atom. The van der Waals surface area contributed by atoms with E-state index < -0.39 is 6.04 Å². The first kappa shape index (κ1) is 11.0. The van der Waals surface area contributed by atoms with Crippen molar-refractivity contribution in [2.45, 2.75) is 18.6 Å². The van der Waals surface area contributed by atoms with Crippen molar-refractivity contribution in [2.24, 2.45) is 5.73 Å². The molecule has 1 amide bonds. The van der Waals surface area contributed by atoms with E-state index in [2.05, 4.69) is 0 Å². The Bertz CT molecular complexity index is 536. The number of carbonyl (C=O) groups excluding carboxylic acids is 1. The van der Waals surface area contributed by atoms with Crippen LogP contribution < -0.4 is 5.73 Å². The Balaban J connectivity index is 1.81. The van der Waals surface area contributed by atoms with Crippen LogP contribution in [0.2, 0.25) is 0 Å². The molecule has 0 saturated carbocycles. The molecule has 0 spiro atoms. The number of likely N-dealkylation sites (tertiary alicyclic amines) is 1. The van der Waals surface area contributed by atoms with Crippen molar-refractivity contribution in [3.63, 3.8) is 0 Å². The van der Waals surface area contributed by atoms with E-state index in [9.17, 15) is 4.79 Å². The second-order valence-electron chi connectivity index (χ2n) is 4.44. The van der Waals surface area contributed by atoms with Crippen LogP contribution in [0.3, 0.4) is 0 Å². The Labute approximate surface area is 105 Å². The van der Waals surface area contributed by atoms with Crippen LogP contribution in [0.1, 0.15) is 17.4 Å². The van der Waals surface area contributed by atoms with Gasteiger partial charge in [-0.15, -0.1) is 0 Å². The largest absolute Gasteiger partial charge is 0.467 e. The van der Waals surface area contributed by atoms with E-state index in [4.69, 9.17) is 10.2 Å². The molecule has 1 saturated heterocycles. The maximum absolute atomic E-state index is 11.8. The van der Waals surface area contributed by atoms with Gasteiger partial charge in [0, 0.05) is 6.54 Å². The summed E-state index contributed by atoms with van der Waals surface area (Å²) in [4.78, 5) is 13.6. The third-order valence-corrected chi connectivity index (χ3v) is 3.27. The quantitative estimate of drug-likeness (QED) is 0.833. The number of carbonyl (C=O) groups is 1. The van der Waals surface area contributed by atoms with Crippen molar-refractivity contribution in [3.8, 4) is 0 Å². The first-order valence-corrected chi connectivity index (χ1v) is 5.91. The van der Waals surface area contributed by atoms with Gasteiger partial charge in [0.25, 0.3) is 0 Å². The molecule has 0 aliphatic carbocycles. The SMILES string of the molecule is N[C@@H]1C(=O)N(Cc2ccccc2)[C@@H]1c1ccco1. The van der Waals surface area contributed by atoms with Gasteiger partial charge >= 0.3 is 0 Å². The zero-order valence-electron chi connectivity index (χ0n) is 9.82. The number of rotatable bonds is 3. The van der Waals surface area contributed by atoms with Crippen LogP contribution >= 0.6 is 0 Å². The smallest absolute Gasteiger partial charge is 0.243 e. The van der Waals surface area contributed by atoms with E-state index in [1.165, 1.54) is 0 Å². The first-order valence-electron chi connectivity index (χ1n) is 5.91. The van der Waals surface area contributed by atoms with Crippen molar-refractivity contribution in [3.05, 3.63) is 60.1 Å². The third kappa shape index (κ3) is 1.71. The van der Waals surface area contributed by atoms with E-state index in [0.717, 1.165) is 11.3 Å². The lowest BCUT2D eigenvalue weighted by atomic mass is 9.93. The normalized spacial score (nSPS) is 22.9. The third-order valence-electron chi connectivity index (χ3n) is 3.27. The summed E-state index contributed by atoms with van der Waals surface area (Å²) >= 11 is 0. The molecule has 2 atom stereocenters. The van der Waals surface area contributed by atoms with Gasteiger partial charge in [0.2, 0.25) is 5.91 Å². The van der Waals surface area contributed by atoms with Crippen LogP contribution in [0.5, 0.6) is 0 Å². The molecule has 0 radical (unpaired) electrons. The number of benzene rings is 1. The summed E-state index contributed by atoms with van der Waals surface area (Å²) in [6.45, 7) is 0.568. The van der Waals surface area contributed by atoms with Gasteiger partial charge in [0.05, 0.1) is 6.26 Å². The lowest BCUT2D eigenvalue weighted by Gasteiger charge is -2.44. The van der Waals surface area contributed by atoms with E-state index in [1.54, 1.807) is 11.2 Å². The van der Waals surface area contributed by atoms with Gasteiger partial charge in [-0.1, -0.05) is 30.3 Å². The van der Waals surface area contributed by atoms with Crippen molar-refractivity contribution in [2.75, 3.05) is 0 Å². The van der Waals surface area contributed by atoms with Gasteiger partial charge in [0.1, 0.15) is 17.8 Å². The number of amides is 1. The first-order chi connectivity index (χ1) is 8.77. The standard InChI is InChI=1S/C14H14N2O2/c15-12-13(11-7-4-8-18-11)16(14(12)17)9-10-5-2-1-3-6-10/h1-8,12-13H,9,15H2/t12-,13+/m0/s1. The fraction of sp³-hybridized carbons (Fsp3) is 0.214. The molecule has 1 aliphatic rings. The summed E-state index contributed by atoms with van der Waals surface area (Å²) in [5.41, 5.74) is 6.94. The molecule has 1 aromatic carbocycles. The minimum atomic E-state index is -0.486. The molecule has 1 fully saturated rings. The summed E-state index contributed by atoms with van der Waals surface area (Å²) < 4.78 is 5.35.